The molecule has 0 unspecified atom stereocenters. The minimum Gasteiger partial charge on any atom is -0.280 e. The van der Waals surface area contributed by atoms with E-state index < -0.39 is 10.0 Å². The lowest BCUT2D eigenvalue weighted by Gasteiger charge is -2.08. The van der Waals surface area contributed by atoms with Crippen molar-refractivity contribution in [2.45, 2.75) is 9.24 Å². The molecule has 4 nitrogen and oxygen atoms in total. The van der Waals surface area contributed by atoms with Gasteiger partial charge in [-0.05, 0) is 48.7 Å². The van der Waals surface area contributed by atoms with Gasteiger partial charge in [0.1, 0.15) is 0 Å². The maximum atomic E-state index is 12.3. The van der Waals surface area contributed by atoms with Crippen LogP contribution in [-0.4, -0.2) is 19.7 Å². The second-order valence-electron chi connectivity index (χ2n) is 4.43. The predicted octanol–water partition coefficient (Wildman–Crippen LogP) is 4.47. The van der Waals surface area contributed by atoms with Crippen molar-refractivity contribution < 1.29 is 8.42 Å². The van der Waals surface area contributed by atoms with Crippen molar-refractivity contribution in [3.63, 3.8) is 0 Å². The Balaban J connectivity index is 1.92. The maximum Gasteiger partial charge on any atom is 0.261 e. The Hall–Kier alpha value is -1.28. The first kappa shape index (κ1) is 15.6. The molecule has 114 valence electrons. The highest BCUT2D eigenvalue weighted by molar-refractivity contribution is 8.00. The summed E-state index contributed by atoms with van der Waals surface area (Å²) in [5, 5.41) is 0.495. The molecule has 3 aromatic rings. The minimum atomic E-state index is -3.63. The summed E-state index contributed by atoms with van der Waals surface area (Å²) < 4.78 is 29.2. The number of fused-ring (bicyclic) bond motifs is 1. The fourth-order valence-electron chi connectivity index (χ4n) is 1.88. The van der Waals surface area contributed by atoms with Crippen molar-refractivity contribution in [1.29, 1.82) is 0 Å². The number of anilines is 1. The predicted molar refractivity (Wildman–Crippen MR) is 93.7 cm³/mol. The molecule has 0 aliphatic heterocycles. The molecule has 2 aromatic carbocycles. The van der Waals surface area contributed by atoms with E-state index in [2.05, 4.69) is 9.71 Å². The Morgan fingerprint density at radius 2 is 1.91 bits per heavy atom. The number of halogens is 1. The summed E-state index contributed by atoms with van der Waals surface area (Å²) in [5.41, 5.74) is 1.38. The van der Waals surface area contributed by atoms with Gasteiger partial charge in [0.25, 0.3) is 10.0 Å². The molecule has 0 amide bonds. The van der Waals surface area contributed by atoms with Gasteiger partial charge in [0, 0.05) is 5.02 Å². The maximum absolute atomic E-state index is 12.3. The SMILES string of the molecule is CSc1nc2ccc(NS(=O)(=O)c3ccc(Cl)cc3)cc2s1. The Kier molecular flexibility index (Phi) is 4.31. The van der Waals surface area contributed by atoms with Crippen molar-refractivity contribution >= 4 is 60.6 Å². The zero-order valence-corrected chi connectivity index (χ0v) is 14.6. The molecule has 0 fully saturated rings. The molecule has 0 radical (unpaired) electrons. The monoisotopic (exact) mass is 370 g/mol. The molecular weight excluding hydrogens is 360 g/mol. The Morgan fingerprint density at radius 3 is 2.59 bits per heavy atom. The number of thiazole rings is 1. The first-order valence-electron chi connectivity index (χ1n) is 6.21. The van der Waals surface area contributed by atoms with Gasteiger partial charge in [0.05, 0.1) is 20.8 Å². The number of thioether (sulfide) groups is 1. The van der Waals surface area contributed by atoms with Gasteiger partial charge in [-0.15, -0.1) is 11.3 Å². The van der Waals surface area contributed by atoms with Gasteiger partial charge in [0.15, 0.2) is 4.34 Å². The second kappa shape index (κ2) is 6.08. The van der Waals surface area contributed by atoms with E-state index in [9.17, 15) is 8.42 Å². The Labute approximate surface area is 141 Å². The van der Waals surface area contributed by atoms with E-state index in [0.29, 0.717) is 10.7 Å². The van der Waals surface area contributed by atoms with E-state index in [1.54, 1.807) is 36.0 Å². The number of nitrogens with one attached hydrogen (secondary N) is 1. The molecule has 1 N–H and O–H groups in total. The third-order valence-electron chi connectivity index (χ3n) is 2.92. The molecule has 0 saturated heterocycles. The molecule has 22 heavy (non-hydrogen) atoms. The zero-order chi connectivity index (χ0) is 15.7. The number of hydrogen-bond donors (Lipinski definition) is 1. The topological polar surface area (TPSA) is 59.1 Å². The Bertz CT molecular complexity index is 921. The summed E-state index contributed by atoms with van der Waals surface area (Å²) >= 11 is 8.88. The molecule has 0 saturated carbocycles. The fourth-order valence-corrected chi connectivity index (χ4v) is 4.59. The van der Waals surface area contributed by atoms with Crippen LogP contribution in [0.15, 0.2) is 51.7 Å². The van der Waals surface area contributed by atoms with Crippen LogP contribution in [0.3, 0.4) is 0 Å². The van der Waals surface area contributed by atoms with E-state index in [1.807, 2.05) is 12.3 Å². The van der Waals surface area contributed by atoms with Crippen LogP contribution in [0.4, 0.5) is 5.69 Å². The number of sulfonamides is 1. The molecule has 0 bridgehead atoms. The van der Waals surface area contributed by atoms with E-state index in [1.165, 1.54) is 23.5 Å². The standard InChI is InChI=1S/C14H11ClN2O2S3/c1-20-14-16-12-7-4-10(8-13(12)21-14)17-22(18,19)11-5-2-9(15)3-6-11/h2-8,17H,1H3. The lowest BCUT2D eigenvalue weighted by molar-refractivity contribution is 0.601. The summed E-state index contributed by atoms with van der Waals surface area (Å²) in [7, 11) is -3.63. The van der Waals surface area contributed by atoms with Crippen molar-refractivity contribution in [2.75, 3.05) is 11.0 Å². The van der Waals surface area contributed by atoms with E-state index >= 15 is 0 Å². The van der Waals surface area contributed by atoms with Crippen molar-refractivity contribution in [2.24, 2.45) is 0 Å². The Morgan fingerprint density at radius 1 is 1.18 bits per heavy atom. The van der Waals surface area contributed by atoms with Crippen molar-refractivity contribution in [3.05, 3.63) is 47.5 Å². The van der Waals surface area contributed by atoms with Crippen LogP contribution < -0.4 is 4.72 Å². The van der Waals surface area contributed by atoms with E-state index in [0.717, 1.165) is 14.6 Å². The molecule has 0 atom stereocenters. The molecule has 0 spiro atoms. The lowest BCUT2D eigenvalue weighted by atomic mass is 10.3. The smallest absolute Gasteiger partial charge is 0.261 e. The normalized spacial score (nSPS) is 11.7. The molecule has 8 heteroatoms. The number of hydrogen-bond acceptors (Lipinski definition) is 5. The highest BCUT2D eigenvalue weighted by Gasteiger charge is 2.14. The number of nitrogens with zero attached hydrogens (tertiary/aromatic N) is 1. The average molecular weight is 371 g/mol. The summed E-state index contributed by atoms with van der Waals surface area (Å²) in [6, 6.07) is 11.4. The van der Waals surface area contributed by atoms with Crippen molar-refractivity contribution in [3.8, 4) is 0 Å². The molecule has 1 aromatic heterocycles. The van der Waals surface area contributed by atoms with Gasteiger partial charge in [-0.3, -0.25) is 4.72 Å². The van der Waals surface area contributed by atoms with Gasteiger partial charge in [-0.1, -0.05) is 23.4 Å². The number of benzene rings is 2. The highest BCUT2D eigenvalue weighted by Crippen LogP contribution is 2.30. The lowest BCUT2D eigenvalue weighted by Crippen LogP contribution is -2.12. The quantitative estimate of drug-likeness (QED) is 0.688. The van der Waals surface area contributed by atoms with Gasteiger partial charge in [-0.25, -0.2) is 13.4 Å². The van der Waals surface area contributed by atoms with Gasteiger partial charge >= 0.3 is 0 Å². The van der Waals surface area contributed by atoms with E-state index in [4.69, 9.17) is 11.6 Å². The van der Waals surface area contributed by atoms with E-state index in [-0.39, 0.29) is 4.90 Å². The summed E-state index contributed by atoms with van der Waals surface area (Å²) in [6.07, 6.45) is 1.96. The summed E-state index contributed by atoms with van der Waals surface area (Å²) in [5.74, 6) is 0. The second-order valence-corrected chi connectivity index (χ2v) is 8.63. The van der Waals surface area contributed by atoms with Crippen LogP contribution in [-0.2, 0) is 10.0 Å². The molecule has 1 heterocycles. The number of rotatable bonds is 4. The first-order valence-corrected chi connectivity index (χ1v) is 10.1. The average Bonchev–Trinajstić information content (AvgIpc) is 2.89. The van der Waals surface area contributed by atoms with Crippen LogP contribution >= 0.6 is 34.7 Å². The minimum absolute atomic E-state index is 0.172. The molecular formula is C14H11ClN2O2S3. The largest absolute Gasteiger partial charge is 0.280 e. The third-order valence-corrected chi connectivity index (χ3v) is 6.57. The van der Waals surface area contributed by atoms with Gasteiger partial charge < -0.3 is 0 Å². The van der Waals surface area contributed by atoms with Gasteiger partial charge in [-0.2, -0.15) is 0 Å². The summed E-state index contributed by atoms with van der Waals surface area (Å²) in [6.45, 7) is 0. The zero-order valence-electron chi connectivity index (χ0n) is 11.4. The summed E-state index contributed by atoms with van der Waals surface area (Å²) in [4.78, 5) is 4.60. The first-order chi connectivity index (χ1) is 10.5. The van der Waals surface area contributed by atoms with Crippen LogP contribution in [0.5, 0.6) is 0 Å². The van der Waals surface area contributed by atoms with Crippen LogP contribution in [0.2, 0.25) is 5.02 Å². The highest BCUT2D eigenvalue weighted by atomic mass is 35.5. The van der Waals surface area contributed by atoms with Gasteiger partial charge in [0.2, 0.25) is 0 Å². The molecule has 0 aliphatic carbocycles. The van der Waals surface area contributed by atoms with Crippen LogP contribution in [0.25, 0.3) is 10.2 Å². The molecule has 3 rings (SSSR count). The van der Waals surface area contributed by atoms with Crippen LogP contribution in [0.1, 0.15) is 0 Å². The number of aromatic nitrogens is 1. The van der Waals surface area contributed by atoms with Crippen molar-refractivity contribution in [1.82, 2.24) is 4.98 Å². The molecule has 0 aliphatic rings. The van der Waals surface area contributed by atoms with Crippen LogP contribution in [0, 0.1) is 0 Å². The third kappa shape index (κ3) is 3.22. The fraction of sp³-hybridized carbons (Fsp3) is 0.0714.